The average Bonchev–Trinajstić information content (AvgIpc) is 3.10. The van der Waals surface area contributed by atoms with Gasteiger partial charge in [0.25, 0.3) is 0 Å². The third-order valence-electron chi connectivity index (χ3n) is 4.51. The molecular formula is C22H19ClN4O. The third-order valence-corrected chi connectivity index (χ3v) is 4.82. The zero-order valence-corrected chi connectivity index (χ0v) is 15.8. The summed E-state index contributed by atoms with van der Waals surface area (Å²) in [7, 11) is 0. The van der Waals surface area contributed by atoms with Crippen molar-refractivity contribution in [3.05, 3.63) is 83.4 Å². The van der Waals surface area contributed by atoms with Gasteiger partial charge in [-0.2, -0.15) is 5.10 Å². The van der Waals surface area contributed by atoms with Crippen LogP contribution in [0.1, 0.15) is 5.56 Å². The molecule has 0 atom stereocenters. The lowest BCUT2D eigenvalue weighted by molar-refractivity contribution is 0.252. The van der Waals surface area contributed by atoms with Gasteiger partial charge in [0.05, 0.1) is 10.5 Å². The van der Waals surface area contributed by atoms with E-state index in [2.05, 4.69) is 20.8 Å². The maximum absolute atomic E-state index is 12.3. The van der Waals surface area contributed by atoms with Crippen LogP contribution in [0.3, 0.4) is 0 Å². The fourth-order valence-electron chi connectivity index (χ4n) is 3.09. The lowest BCUT2D eigenvalue weighted by Crippen LogP contribution is -2.30. The average molecular weight is 391 g/mol. The van der Waals surface area contributed by atoms with Gasteiger partial charge in [0, 0.05) is 17.5 Å². The van der Waals surface area contributed by atoms with Crippen molar-refractivity contribution in [3.63, 3.8) is 0 Å². The first-order chi connectivity index (χ1) is 13.7. The molecule has 0 radical (unpaired) electrons. The minimum Gasteiger partial charge on any atom is -0.337 e. The van der Waals surface area contributed by atoms with Gasteiger partial charge in [0.15, 0.2) is 5.82 Å². The van der Waals surface area contributed by atoms with Gasteiger partial charge in [-0.1, -0.05) is 72.3 Å². The number of nitrogens with one attached hydrogen (secondary N) is 3. The Hall–Kier alpha value is -3.31. The van der Waals surface area contributed by atoms with Crippen LogP contribution in [-0.4, -0.2) is 22.8 Å². The van der Waals surface area contributed by atoms with Gasteiger partial charge in [-0.3, -0.25) is 10.4 Å². The molecule has 0 saturated heterocycles. The zero-order valence-electron chi connectivity index (χ0n) is 15.1. The Morgan fingerprint density at radius 3 is 2.46 bits per heavy atom. The molecule has 0 fully saturated rings. The summed E-state index contributed by atoms with van der Waals surface area (Å²) in [6.07, 6.45) is 0.767. The van der Waals surface area contributed by atoms with Gasteiger partial charge in [-0.05, 0) is 29.7 Å². The SMILES string of the molecule is O=C(NCCc1ccccc1)Nc1n[nH]c2cc(Cl)c(-c3ccccc3)cc12. The molecule has 1 aromatic heterocycles. The molecule has 4 aromatic rings. The number of amides is 2. The van der Waals surface area contributed by atoms with Crippen LogP contribution in [0.25, 0.3) is 22.0 Å². The van der Waals surface area contributed by atoms with Crippen LogP contribution in [0.4, 0.5) is 10.6 Å². The lowest BCUT2D eigenvalue weighted by atomic mass is 10.0. The topological polar surface area (TPSA) is 69.8 Å². The van der Waals surface area contributed by atoms with E-state index in [0.717, 1.165) is 28.5 Å². The number of carbonyl (C=O) groups is 1. The summed E-state index contributed by atoms with van der Waals surface area (Å²) >= 11 is 6.43. The Balaban J connectivity index is 1.48. The van der Waals surface area contributed by atoms with Gasteiger partial charge in [-0.25, -0.2) is 4.79 Å². The first-order valence-electron chi connectivity index (χ1n) is 9.02. The molecular weight excluding hydrogens is 372 g/mol. The molecule has 28 heavy (non-hydrogen) atoms. The Bertz CT molecular complexity index is 1090. The maximum atomic E-state index is 12.3. The third kappa shape index (κ3) is 4.00. The monoisotopic (exact) mass is 390 g/mol. The number of rotatable bonds is 5. The molecule has 4 rings (SSSR count). The van der Waals surface area contributed by atoms with E-state index in [9.17, 15) is 4.79 Å². The van der Waals surface area contributed by atoms with E-state index < -0.39 is 0 Å². The van der Waals surface area contributed by atoms with Gasteiger partial charge < -0.3 is 5.32 Å². The smallest absolute Gasteiger partial charge is 0.320 e. The van der Waals surface area contributed by atoms with Crippen LogP contribution in [0, 0.1) is 0 Å². The number of H-pyrrole nitrogens is 1. The molecule has 140 valence electrons. The second-order valence-corrected chi connectivity index (χ2v) is 6.84. The molecule has 2 amide bonds. The fourth-order valence-corrected chi connectivity index (χ4v) is 3.36. The van der Waals surface area contributed by atoms with Crippen LogP contribution >= 0.6 is 11.6 Å². The Morgan fingerprint density at radius 2 is 1.71 bits per heavy atom. The quantitative estimate of drug-likeness (QED) is 0.435. The van der Waals surface area contributed by atoms with Gasteiger partial charge in [0.2, 0.25) is 0 Å². The van der Waals surface area contributed by atoms with Crippen LogP contribution in [0.2, 0.25) is 5.02 Å². The Labute approximate surface area is 167 Å². The molecule has 0 unspecified atom stereocenters. The molecule has 5 nitrogen and oxygen atoms in total. The van der Waals surface area contributed by atoms with Gasteiger partial charge in [-0.15, -0.1) is 0 Å². The number of hydrogen-bond donors (Lipinski definition) is 3. The van der Waals surface area contributed by atoms with E-state index in [-0.39, 0.29) is 6.03 Å². The van der Waals surface area contributed by atoms with Gasteiger partial charge >= 0.3 is 6.03 Å². The molecule has 0 aliphatic carbocycles. The van der Waals surface area contributed by atoms with Crippen molar-refractivity contribution in [2.24, 2.45) is 0 Å². The first-order valence-corrected chi connectivity index (χ1v) is 9.40. The van der Waals surface area contributed by atoms with Crippen LogP contribution in [-0.2, 0) is 6.42 Å². The molecule has 0 spiro atoms. The van der Waals surface area contributed by atoms with E-state index in [1.54, 1.807) is 0 Å². The molecule has 0 aliphatic heterocycles. The summed E-state index contributed by atoms with van der Waals surface area (Å²) in [5.41, 5.74) is 3.84. The highest BCUT2D eigenvalue weighted by atomic mass is 35.5. The maximum Gasteiger partial charge on any atom is 0.320 e. The summed E-state index contributed by atoms with van der Waals surface area (Å²) in [6.45, 7) is 0.541. The minimum absolute atomic E-state index is 0.291. The van der Waals surface area contributed by atoms with E-state index in [1.165, 1.54) is 5.56 Å². The molecule has 6 heteroatoms. The summed E-state index contributed by atoms with van der Waals surface area (Å²) < 4.78 is 0. The number of hydrogen-bond acceptors (Lipinski definition) is 2. The van der Waals surface area contributed by atoms with Gasteiger partial charge in [0.1, 0.15) is 0 Å². The van der Waals surface area contributed by atoms with Crippen molar-refractivity contribution >= 4 is 34.4 Å². The predicted octanol–water partition coefficient (Wildman–Crippen LogP) is 5.25. The summed E-state index contributed by atoms with van der Waals surface area (Å²) in [4.78, 5) is 12.3. The molecule has 3 aromatic carbocycles. The van der Waals surface area contributed by atoms with Crippen LogP contribution < -0.4 is 10.6 Å². The van der Waals surface area contributed by atoms with E-state index in [1.807, 2.05) is 72.8 Å². The largest absolute Gasteiger partial charge is 0.337 e. The Kier molecular flexibility index (Phi) is 5.26. The van der Waals surface area contributed by atoms with Crippen LogP contribution in [0.5, 0.6) is 0 Å². The van der Waals surface area contributed by atoms with Crippen LogP contribution in [0.15, 0.2) is 72.8 Å². The molecule has 1 heterocycles. The first kappa shape index (κ1) is 18.1. The van der Waals surface area contributed by atoms with Crippen molar-refractivity contribution in [2.75, 3.05) is 11.9 Å². The number of nitrogens with zero attached hydrogens (tertiary/aromatic N) is 1. The Morgan fingerprint density at radius 1 is 1.00 bits per heavy atom. The number of urea groups is 1. The van der Waals surface area contributed by atoms with Crippen molar-refractivity contribution in [1.29, 1.82) is 0 Å². The highest BCUT2D eigenvalue weighted by molar-refractivity contribution is 6.34. The fraction of sp³-hybridized carbons (Fsp3) is 0.0909. The standard InChI is InChI=1S/C22H19ClN4O/c23-19-14-20-18(13-17(19)16-9-5-2-6-10-16)21(27-26-20)25-22(28)24-12-11-15-7-3-1-4-8-15/h1-10,13-14H,11-12H2,(H3,24,25,26,27,28). The summed E-state index contributed by atoms with van der Waals surface area (Å²) in [6, 6.07) is 23.4. The highest BCUT2D eigenvalue weighted by Crippen LogP contribution is 2.33. The number of halogens is 1. The molecule has 0 aliphatic rings. The second-order valence-electron chi connectivity index (χ2n) is 6.43. The number of anilines is 1. The van der Waals surface area contributed by atoms with E-state index in [0.29, 0.717) is 17.4 Å². The van der Waals surface area contributed by atoms with Crippen molar-refractivity contribution in [1.82, 2.24) is 15.5 Å². The number of fused-ring (bicyclic) bond motifs is 1. The van der Waals surface area contributed by atoms with Crippen molar-refractivity contribution < 1.29 is 4.79 Å². The van der Waals surface area contributed by atoms with Crippen molar-refractivity contribution in [3.8, 4) is 11.1 Å². The number of carbonyl (C=O) groups excluding carboxylic acids is 1. The molecule has 0 bridgehead atoms. The summed E-state index contributed by atoms with van der Waals surface area (Å²) in [5, 5.41) is 14.2. The molecule has 3 N–H and O–H groups in total. The van der Waals surface area contributed by atoms with E-state index in [4.69, 9.17) is 11.6 Å². The number of benzene rings is 3. The minimum atomic E-state index is -0.291. The van der Waals surface area contributed by atoms with E-state index >= 15 is 0 Å². The van der Waals surface area contributed by atoms with Crippen molar-refractivity contribution in [2.45, 2.75) is 6.42 Å². The normalized spacial score (nSPS) is 10.8. The number of aromatic nitrogens is 2. The molecule has 0 saturated carbocycles. The zero-order chi connectivity index (χ0) is 19.3. The number of aromatic amines is 1. The second kappa shape index (κ2) is 8.15. The summed E-state index contributed by atoms with van der Waals surface area (Å²) in [5.74, 6) is 0.473. The highest BCUT2D eigenvalue weighted by Gasteiger charge is 2.13. The lowest BCUT2D eigenvalue weighted by Gasteiger charge is -2.08. The predicted molar refractivity (Wildman–Crippen MR) is 114 cm³/mol.